The number of benzene rings is 3. The average Bonchev–Trinajstić information content (AvgIpc) is 3.21. The molecule has 4 aromatic rings. The number of carbonyl (C=O) groups excluding carboxylic acids is 1. The van der Waals surface area contributed by atoms with Gasteiger partial charge in [0.15, 0.2) is 5.16 Å². The summed E-state index contributed by atoms with van der Waals surface area (Å²) >= 11 is 1.60. The van der Waals surface area contributed by atoms with Crippen LogP contribution in [-0.2, 0) is 12.2 Å². The number of methoxy groups -OCH3 is 1. The Hall–Kier alpha value is -3.25. The Bertz CT molecular complexity index is 1110. The van der Waals surface area contributed by atoms with E-state index in [2.05, 4.69) is 15.3 Å². The number of imidazole rings is 1. The molecule has 4 rings (SSSR count). The summed E-state index contributed by atoms with van der Waals surface area (Å²) in [5.74, 6) is 1.45. The number of H-pyrrole nitrogens is 1. The quantitative estimate of drug-likeness (QED) is 0.403. The fourth-order valence-electron chi connectivity index (χ4n) is 3.22. The van der Waals surface area contributed by atoms with Crippen LogP contribution >= 0.6 is 11.8 Å². The molecule has 0 atom stereocenters. The Labute approximate surface area is 179 Å². The van der Waals surface area contributed by atoms with E-state index in [1.165, 1.54) is 0 Å². The van der Waals surface area contributed by atoms with Crippen molar-refractivity contribution in [2.24, 2.45) is 0 Å². The van der Waals surface area contributed by atoms with Gasteiger partial charge in [0.25, 0.3) is 5.91 Å². The zero-order chi connectivity index (χ0) is 20.8. The van der Waals surface area contributed by atoms with Gasteiger partial charge in [0.2, 0.25) is 0 Å². The summed E-state index contributed by atoms with van der Waals surface area (Å²) in [5.41, 5.74) is 4.82. The molecule has 0 fully saturated rings. The molecule has 0 aliphatic carbocycles. The number of nitrogens with one attached hydrogen (secondary N) is 2. The highest BCUT2D eigenvalue weighted by Crippen LogP contribution is 2.24. The van der Waals surface area contributed by atoms with Crippen LogP contribution in [0.3, 0.4) is 0 Å². The molecule has 5 nitrogen and oxygen atoms in total. The van der Waals surface area contributed by atoms with Crippen molar-refractivity contribution < 1.29 is 9.53 Å². The molecule has 6 heteroatoms. The van der Waals surface area contributed by atoms with E-state index in [4.69, 9.17) is 4.74 Å². The van der Waals surface area contributed by atoms with Gasteiger partial charge in [-0.15, -0.1) is 0 Å². The molecule has 0 saturated heterocycles. The molecule has 0 spiro atoms. The maximum atomic E-state index is 12.7. The van der Waals surface area contributed by atoms with Gasteiger partial charge < -0.3 is 15.0 Å². The highest BCUT2D eigenvalue weighted by atomic mass is 32.2. The van der Waals surface area contributed by atoms with Crippen LogP contribution in [-0.4, -0.2) is 29.5 Å². The number of thioether (sulfide) groups is 1. The number of para-hydroxylation sites is 2. The third kappa shape index (κ3) is 4.83. The molecule has 1 aromatic heterocycles. The first-order valence-electron chi connectivity index (χ1n) is 9.79. The SMILES string of the molecule is COc1ccc(CCNC(=O)c2ccccc2CSc2nc3ccccc3[nH]2)cc1. The third-order valence-corrected chi connectivity index (χ3v) is 5.77. The first-order chi connectivity index (χ1) is 14.7. The van der Waals surface area contributed by atoms with Crippen LogP contribution in [0, 0.1) is 0 Å². The zero-order valence-corrected chi connectivity index (χ0v) is 17.5. The van der Waals surface area contributed by atoms with Gasteiger partial charge in [0.1, 0.15) is 5.75 Å². The third-order valence-electron chi connectivity index (χ3n) is 4.85. The number of aromatic amines is 1. The van der Waals surface area contributed by atoms with E-state index in [1.807, 2.05) is 72.8 Å². The smallest absolute Gasteiger partial charge is 0.251 e. The Morgan fingerprint density at radius 3 is 2.60 bits per heavy atom. The van der Waals surface area contributed by atoms with Crippen LogP contribution in [0.4, 0.5) is 0 Å². The minimum Gasteiger partial charge on any atom is -0.497 e. The molecular formula is C24H23N3O2S. The van der Waals surface area contributed by atoms with E-state index in [-0.39, 0.29) is 5.91 Å². The van der Waals surface area contributed by atoms with Crippen molar-refractivity contribution in [2.45, 2.75) is 17.3 Å². The first-order valence-corrected chi connectivity index (χ1v) is 10.8. The van der Waals surface area contributed by atoms with Gasteiger partial charge in [-0.25, -0.2) is 4.98 Å². The number of fused-ring (bicyclic) bond motifs is 1. The van der Waals surface area contributed by atoms with Crippen molar-refractivity contribution in [1.82, 2.24) is 15.3 Å². The molecule has 1 heterocycles. The van der Waals surface area contributed by atoms with Crippen LogP contribution in [0.5, 0.6) is 5.75 Å². The van der Waals surface area contributed by atoms with E-state index in [0.29, 0.717) is 17.9 Å². The van der Waals surface area contributed by atoms with Crippen LogP contribution in [0.2, 0.25) is 0 Å². The number of hydrogen-bond donors (Lipinski definition) is 2. The summed E-state index contributed by atoms with van der Waals surface area (Å²) < 4.78 is 5.18. The second kappa shape index (κ2) is 9.50. The van der Waals surface area contributed by atoms with Gasteiger partial charge >= 0.3 is 0 Å². The van der Waals surface area contributed by atoms with Crippen molar-refractivity contribution in [3.63, 3.8) is 0 Å². The standard InChI is InChI=1S/C24H23N3O2S/c1-29-19-12-10-17(11-13-19)14-15-25-23(28)20-7-3-2-6-18(20)16-30-24-26-21-8-4-5-9-22(21)27-24/h2-13H,14-16H2,1H3,(H,25,28)(H,26,27). The molecule has 0 radical (unpaired) electrons. The molecule has 2 N–H and O–H groups in total. The second-order valence-electron chi connectivity index (χ2n) is 6.86. The number of amides is 1. The fourth-order valence-corrected chi connectivity index (χ4v) is 4.11. The van der Waals surface area contributed by atoms with Gasteiger partial charge in [0.05, 0.1) is 18.1 Å². The summed E-state index contributed by atoms with van der Waals surface area (Å²) in [5, 5.41) is 3.89. The van der Waals surface area contributed by atoms with Crippen LogP contribution < -0.4 is 10.1 Å². The summed E-state index contributed by atoms with van der Waals surface area (Å²) in [7, 11) is 1.65. The lowest BCUT2D eigenvalue weighted by Crippen LogP contribution is -2.26. The Morgan fingerprint density at radius 2 is 1.80 bits per heavy atom. The fraction of sp³-hybridized carbons (Fsp3) is 0.167. The molecule has 0 bridgehead atoms. The van der Waals surface area contributed by atoms with Gasteiger partial charge in [0, 0.05) is 17.9 Å². The van der Waals surface area contributed by atoms with Gasteiger partial charge in [-0.2, -0.15) is 0 Å². The van der Waals surface area contributed by atoms with Crippen molar-refractivity contribution in [2.75, 3.05) is 13.7 Å². The lowest BCUT2D eigenvalue weighted by Gasteiger charge is -2.10. The van der Waals surface area contributed by atoms with E-state index in [1.54, 1.807) is 18.9 Å². The van der Waals surface area contributed by atoms with Gasteiger partial charge in [-0.05, 0) is 47.9 Å². The monoisotopic (exact) mass is 417 g/mol. The van der Waals surface area contributed by atoms with Gasteiger partial charge in [-0.1, -0.05) is 54.2 Å². The number of ether oxygens (including phenoxy) is 1. The van der Waals surface area contributed by atoms with Crippen molar-refractivity contribution in [1.29, 1.82) is 0 Å². The average molecular weight is 418 g/mol. The molecule has 152 valence electrons. The minimum atomic E-state index is -0.0516. The summed E-state index contributed by atoms with van der Waals surface area (Å²) in [6.07, 6.45) is 0.769. The summed E-state index contributed by atoms with van der Waals surface area (Å²) in [6, 6.07) is 23.6. The number of aromatic nitrogens is 2. The van der Waals surface area contributed by atoms with E-state index in [0.717, 1.165) is 39.5 Å². The molecule has 30 heavy (non-hydrogen) atoms. The highest BCUT2D eigenvalue weighted by molar-refractivity contribution is 7.98. The lowest BCUT2D eigenvalue weighted by atomic mass is 10.1. The number of hydrogen-bond acceptors (Lipinski definition) is 4. The van der Waals surface area contributed by atoms with Crippen molar-refractivity contribution in [3.8, 4) is 5.75 Å². The van der Waals surface area contributed by atoms with Crippen molar-refractivity contribution >= 4 is 28.7 Å². The Kier molecular flexibility index (Phi) is 6.35. The van der Waals surface area contributed by atoms with Crippen LogP contribution in [0.1, 0.15) is 21.5 Å². The van der Waals surface area contributed by atoms with E-state index >= 15 is 0 Å². The topological polar surface area (TPSA) is 67.0 Å². The van der Waals surface area contributed by atoms with Gasteiger partial charge in [-0.3, -0.25) is 4.79 Å². The largest absolute Gasteiger partial charge is 0.497 e. The minimum absolute atomic E-state index is 0.0516. The lowest BCUT2D eigenvalue weighted by molar-refractivity contribution is 0.0953. The Balaban J connectivity index is 1.36. The Morgan fingerprint density at radius 1 is 1.03 bits per heavy atom. The zero-order valence-electron chi connectivity index (χ0n) is 16.7. The highest BCUT2D eigenvalue weighted by Gasteiger charge is 2.12. The summed E-state index contributed by atoms with van der Waals surface area (Å²) in [4.78, 5) is 20.7. The second-order valence-corrected chi connectivity index (χ2v) is 7.82. The number of carbonyl (C=O) groups is 1. The molecular weight excluding hydrogens is 394 g/mol. The van der Waals surface area contributed by atoms with E-state index in [9.17, 15) is 4.79 Å². The molecule has 1 amide bonds. The maximum absolute atomic E-state index is 12.7. The predicted molar refractivity (Wildman–Crippen MR) is 121 cm³/mol. The number of nitrogens with zero attached hydrogens (tertiary/aromatic N) is 1. The van der Waals surface area contributed by atoms with Crippen LogP contribution in [0.15, 0.2) is 78.0 Å². The summed E-state index contributed by atoms with van der Waals surface area (Å²) in [6.45, 7) is 0.580. The maximum Gasteiger partial charge on any atom is 0.251 e. The first kappa shape index (κ1) is 20.0. The number of rotatable bonds is 8. The molecule has 0 unspecified atom stereocenters. The van der Waals surface area contributed by atoms with Crippen molar-refractivity contribution in [3.05, 3.63) is 89.5 Å². The van der Waals surface area contributed by atoms with E-state index < -0.39 is 0 Å². The molecule has 0 aliphatic heterocycles. The molecule has 0 aliphatic rings. The molecule has 3 aromatic carbocycles. The van der Waals surface area contributed by atoms with Crippen LogP contribution in [0.25, 0.3) is 11.0 Å². The normalized spacial score (nSPS) is 10.8. The predicted octanol–water partition coefficient (Wildman–Crippen LogP) is 4.84. The molecule has 0 saturated carbocycles.